The summed E-state index contributed by atoms with van der Waals surface area (Å²) in [4.78, 5) is 5.01. The zero-order valence-corrected chi connectivity index (χ0v) is 13.2. The average Bonchev–Trinajstić information content (AvgIpc) is 3.01. The standard InChI is InChI=1S/C16H30N4O/c1-19-8-15-16(9-19)21-10-12(18-15)6-20-5-11-3-2-4-14(17)13(11)7-20/h11-16,18H,2-10,17H2,1H3/t11-,12?,13+,14-,15+,16-/m1/s1. The van der Waals surface area contributed by atoms with Crippen LogP contribution in [0.5, 0.6) is 0 Å². The van der Waals surface area contributed by atoms with E-state index in [0.717, 1.165) is 38.1 Å². The van der Waals surface area contributed by atoms with Crippen LogP contribution in [-0.2, 0) is 4.74 Å². The van der Waals surface area contributed by atoms with E-state index in [1.807, 2.05) is 0 Å². The van der Waals surface area contributed by atoms with Crippen LogP contribution in [0.15, 0.2) is 0 Å². The first kappa shape index (κ1) is 14.4. The number of morpholine rings is 1. The average molecular weight is 294 g/mol. The van der Waals surface area contributed by atoms with Gasteiger partial charge in [-0.2, -0.15) is 0 Å². The topological polar surface area (TPSA) is 53.8 Å². The summed E-state index contributed by atoms with van der Waals surface area (Å²) < 4.78 is 6.08. The van der Waals surface area contributed by atoms with Gasteiger partial charge in [-0.15, -0.1) is 0 Å². The minimum atomic E-state index is 0.404. The molecule has 6 atom stereocenters. The number of fused-ring (bicyclic) bond motifs is 2. The summed E-state index contributed by atoms with van der Waals surface area (Å²) >= 11 is 0. The highest BCUT2D eigenvalue weighted by Crippen LogP contribution is 2.35. The van der Waals surface area contributed by atoms with Crippen molar-refractivity contribution in [2.45, 2.75) is 43.5 Å². The molecule has 0 spiro atoms. The van der Waals surface area contributed by atoms with Gasteiger partial charge in [0.1, 0.15) is 0 Å². The zero-order chi connectivity index (χ0) is 14.4. The molecule has 5 heteroatoms. The van der Waals surface area contributed by atoms with Gasteiger partial charge < -0.3 is 25.6 Å². The Morgan fingerprint density at radius 2 is 2.10 bits per heavy atom. The number of rotatable bonds is 2. The maximum Gasteiger partial charge on any atom is 0.0867 e. The van der Waals surface area contributed by atoms with Crippen LogP contribution in [0.25, 0.3) is 0 Å². The van der Waals surface area contributed by atoms with Crippen molar-refractivity contribution in [3.05, 3.63) is 0 Å². The van der Waals surface area contributed by atoms with Crippen LogP contribution in [0.4, 0.5) is 0 Å². The number of ether oxygens (including phenoxy) is 1. The van der Waals surface area contributed by atoms with Crippen molar-refractivity contribution >= 4 is 0 Å². The fourth-order valence-corrected chi connectivity index (χ4v) is 5.06. The van der Waals surface area contributed by atoms with Gasteiger partial charge in [0.05, 0.1) is 12.7 Å². The summed E-state index contributed by atoms with van der Waals surface area (Å²) in [6.45, 7) is 6.66. The lowest BCUT2D eigenvalue weighted by Gasteiger charge is -2.35. The fourth-order valence-electron chi connectivity index (χ4n) is 5.06. The van der Waals surface area contributed by atoms with Gasteiger partial charge in [-0.25, -0.2) is 0 Å². The summed E-state index contributed by atoms with van der Waals surface area (Å²) in [5, 5.41) is 3.83. The van der Waals surface area contributed by atoms with Crippen LogP contribution in [0, 0.1) is 11.8 Å². The Balaban J connectivity index is 1.31. The predicted octanol–water partition coefficient (Wildman–Crippen LogP) is -0.283. The third-order valence-corrected chi connectivity index (χ3v) is 6.12. The summed E-state index contributed by atoms with van der Waals surface area (Å²) in [5.41, 5.74) is 6.33. The van der Waals surface area contributed by atoms with Crippen molar-refractivity contribution in [1.82, 2.24) is 15.1 Å². The molecule has 0 amide bonds. The molecule has 0 aromatic heterocycles. The lowest BCUT2D eigenvalue weighted by Crippen LogP contribution is -2.57. The molecule has 1 saturated carbocycles. The van der Waals surface area contributed by atoms with Crippen molar-refractivity contribution in [2.75, 3.05) is 46.4 Å². The Bertz CT molecular complexity index is 379. The number of likely N-dealkylation sites (tertiary alicyclic amines) is 2. The molecule has 5 nitrogen and oxygen atoms in total. The van der Waals surface area contributed by atoms with Crippen LogP contribution in [0.1, 0.15) is 19.3 Å². The Morgan fingerprint density at radius 3 is 2.95 bits per heavy atom. The van der Waals surface area contributed by atoms with Crippen molar-refractivity contribution in [1.29, 1.82) is 0 Å². The molecule has 4 rings (SSSR count). The fraction of sp³-hybridized carbons (Fsp3) is 1.00. The van der Waals surface area contributed by atoms with Crippen LogP contribution >= 0.6 is 0 Å². The normalized spacial score (nSPS) is 48.3. The Hall–Kier alpha value is -0.200. The maximum atomic E-state index is 6.33. The van der Waals surface area contributed by atoms with Gasteiger partial charge >= 0.3 is 0 Å². The molecule has 1 aliphatic carbocycles. The lowest BCUT2D eigenvalue weighted by atomic mass is 9.78. The summed E-state index contributed by atoms with van der Waals surface area (Å²) in [5.74, 6) is 1.59. The van der Waals surface area contributed by atoms with Crippen LogP contribution in [0.3, 0.4) is 0 Å². The van der Waals surface area contributed by atoms with Crippen molar-refractivity contribution < 1.29 is 4.74 Å². The van der Waals surface area contributed by atoms with Gasteiger partial charge in [-0.1, -0.05) is 6.42 Å². The summed E-state index contributed by atoms with van der Waals surface area (Å²) in [6.07, 6.45) is 4.35. The molecule has 4 fully saturated rings. The number of hydrogen-bond acceptors (Lipinski definition) is 5. The molecule has 3 N–H and O–H groups in total. The van der Waals surface area contributed by atoms with E-state index in [-0.39, 0.29) is 0 Å². The second-order valence-electron chi connectivity index (χ2n) is 7.80. The predicted molar refractivity (Wildman–Crippen MR) is 83.2 cm³/mol. The molecular weight excluding hydrogens is 264 g/mol. The van der Waals surface area contributed by atoms with Gasteiger partial charge in [0.15, 0.2) is 0 Å². The number of likely N-dealkylation sites (N-methyl/N-ethyl adjacent to an activating group) is 1. The van der Waals surface area contributed by atoms with E-state index < -0.39 is 0 Å². The van der Waals surface area contributed by atoms with Crippen LogP contribution < -0.4 is 11.1 Å². The Kier molecular flexibility index (Phi) is 3.96. The largest absolute Gasteiger partial charge is 0.374 e. The Labute approximate surface area is 128 Å². The van der Waals surface area contributed by atoms with E-state index in [1.165, 1.54) is 32.4 Å². The molecule has 0 aromatic rings. The molecular formula is C16H30N4O. The maximum absolute atomic E-state index is 6.33. The van der Waals surface area contributed by atoms with E-state index in [9.17, 15) is 0 Å². The van der Waals surface area contributed by atoms with Crippen LogP contribution in [0.2, 0.25) is 0 Å². The van der Waals surface area contributed by atoms with E-state index in [0.29, 0.717) is 24.2 Å². The van der Waals surface area contributed by atoms with E-state index >= 15 is 0 Å². The van der Waals surface area contributed by atoms with Gasteiger partial charge in [0.25, 0.3) is 0 Å². The molecule has 0 radical (unpaired) electrons. The van der Waals surface area contributed by atoms with Gasteiger partial charge in [-0.3, -0.25) is 0 Å². The van der Waals surface area contributed by atoms with Crippen molar-refractivity contribution in [3.63, 3.8) is 0 Å². The first-order valence-electron chi connectivity index (χ1n) is 8.73. The number of nitrogens with one attached hydrogen (secondary N) is 1. The molecule has 1 unspecified atom stereocenters. The molecule has 3 heterocycles. The molecule has 0 bridgehead atoms. The number of hydrogen-bond donors (Lipinski definition) is 2. The van der Waals surface area contributed by atoms with Crippen molar-refractivity contribution in [3.8, 4) is 0 Å². The van der Waals surface area contributed by atoms with Gasteiger partial charge in [0.2, 0.25) is 0 Å². The van der Waals surface area contributed by atoms with E-state index in [2.05, 4.69) is 22.2 Å². The third kappa shape index (κ3) is 2.86. The summed E-state index contributed by atoms with van der Waals surface area (Å²) in [6, 6.07) is 1.46. The highest BCUT2D eigenvalue weighted by molar-refractivity contribution is 4.97. The highest BCUT2D eigenvalue weighted by Gasteiger charge is 2.41. The minimum Gasteiger partial charge on any atom is -0.374 e. The molecule has 21 heavy (non-hydrogen) atoms. The lowest BCUT2D eigenvalue weighted by molar-refractivity contribution is -0.0128. The first-order chi connectivity index (χ1) is 10.2. The molecule has 0 aromatic carbocycles. The zero-order valence-electron chi connectivity index (χ0n) is 13.2. The molecule has 3 aliphatic heterocycles. The monoisotopic (exact) mass is 294 g/mol. The number of nitrogens with two attached hydrogens (primary N) is 1. The van der Waals surface area contributed by atoms with Crippen LogP contribution in [-0.4, -0.2) is 80.4 Å². The van der Waals surface area contributed by atoms with E-state index in [1.54, 1.807) is 0 Å². The first-order valence-corrected chi connectivity index (χ1v) is 8.73. The van der Waals surface area contributed by atoms with Gasteiger partial charge in [-0.05, 0) is 31.7 Å². The second kappa shape index (κ2) is 5.78. The number of nitrogens with zero attached hydrogens (tertiary/aromatic N) is 2. The SMILES string of the molecule is CN1C[C@@H]2NC(CN3C[C@H]4CCC[C@@H](N)[C@H]4C3)CO[C@@H]2C1. The smallest absolute Gasteiger partial charge is 0.0867 e. The quantitative estimate of drug-likeness (QED) is 0.733. The van der Waals surface area contributed by atoms with Crippen molar-refractivity contribution in [2.24, 2.45) is 17.6 Å². The molecule has 120 valence electrons. The molecule has 4 aliphatic rings. The van der Waals surface area contributed by atoms with Gasteiger partial charge in [0, 0.05) is 50.8 Å². The minimum absolute atomic E-state index is 0.404. The van der Waals surface area contributed by atoms with E-state index in [4.69, 9.17) is 10.5 Å². The summed E-state index contributed by atoms with van der Waals surface area (Å²) in [7, 11) is 2.19. The Morgan fingerprint density at radius 1 is 1.19 bits per heavy atom. The molecule has 3 saturated heterocycles. The highest BCUT2D eigenvalue weighted by atomic mass is 16.5. The third-order valence-electron chi connectivity index (χ3n) is 6.12. The second-order valence-corrected chi connectivity index (χ2v) is 7.80.